The predicted octanol–water partition coefficient (Wildman–Crippen LogP) is 1.82. The fraction of sp³-hybridized carbons (Fsp3) is 0.944. The van der Waals surface area contributed by atoms with Gasteiger partial charge in [-0.05, 0) is 26.2 Å². The second-order valence-electron chi connectivity index (χ2n) is 6.94. The van der Waals surface area contributed by atoms with Gasteiger partial charge in [0.15, 0.2) is 5.96 Å². The van der Waals surface area contributed by atoms with Gasteiger partial charge in [0.1, 0.15) is 0 Å². The molecule has 0 unspecified atom stereocenters. The highest BCUT2D eigenvalue weighted by atomic mass is 16.5. The minimum atomic E-state index is -0.718. The van der Waals surface area contributed by atoms with Crippen molar-refractivity contribution in [1.29, 1.82) is 0 Å². The van der Waals surface area contributed by atoms with Crippen LogP contribution in [-0.2, 0) is 9.47 Å². The van der Waals surface area contributed by atoms with E-state index in [1.165, 1.54) is 32.1 Å². The number of guanidine groups is 1. The van der Waals surface area contributed by atoms with Crippen molar-refractivity contribution in [2.45, 2.75) is 70.0 Å². The number of aliphatic imine (C=N–C) groups is 1. The average molecular weight is 341 g/mol. The molecule has 140 valence electrons. The summed E-state index contributed by atoms with van der Waals surface area (Å²) in [5.74, 6) is 0.773. The van der Waals surface area contributed by atoms with Crippen LogP contribution in [0.3, 0.4) is 0 Å². The molecule has 2 aliphatic rings. The summed E-state index contributed by atoms with van der Waals surface area (Å²) in [5.41, 5.74) is -0.718. The highest BCUT2D eigenvalue weighted by Gasteiger charge is 2.29. The maximum absolute atomic E-state index is 10.5. The number of rotatable bonds is 8. The summed E-state index contributed by atoms with van der Waals surface area (Å²) in [6.45, 7) is 6.16. The first-order valence-electron chi connectivity index (χ1n) is 9.66. The van der Waals surface area contributed by atoms with Crippen molar-refractivity contribution in [3.63, 3.8) is 0 Å². The van der Waals surface area contributed by atoms with Crippen LogP contribution in [0.25, 0.3) is 0 Å². The highest BCUT2D eigenvalue weighted by Crippen LogP contribution is 2.21. The molecule has 2 rings (SSSR count). The monoisotopic (exact) mass is 341 g/mol. The van der Waals surface area contributed by atoms with Crippen molar-refractivity contribution in [1.82, 2.24) is 10.6 Å². The van der Waals surface area contributed by atoms with Gasteiger partial charge in [0, 0.05) is 45.8 Å². The molecule has 0 spiro atoms. The molecule has 1 saturated carbocycles. The lowest BCUT2D eigenvalue weighted by molar-refractivity contribution is -0.0566. The van der Waals surface area contributed by atoms with Gasteiger partial charge in [0.2, 0.25) is 0 Å². The van der Waals surface area contributed by atoms with E-state index < -0.39 is 5.60 Å². The van der Waals surface area contributed by atoms with Crippen molar-refractivity contribution in [3.8, 4) is 0 Å². The third-order valence-electron chi connectivity index (χ3n) is 4.82. The van der Waals surface area contributed by atoms with Crippen LogP contribution in [0, 0.1) is 0 Å². The lowest BCUT2D eigenvalue weighted by Crippen LogP contribution is -2.42. The van der Waals surface area contributed by atoms with Crippen LogP contribution in [0.2, 0.25) is 0 Å². The van der Waals surface area contributed by atoms with Crippen molar-refractivity contribution in [2.75, 3.05) is 39.5 Å². The second-order valence-corrected chi connectivity index (χ2v) is 6.94. The Morgan fingerprint density at radius 1 is 1.21 bits per heavy atom. The normalized spacial score (nSPS) is 22.3. The van der Waals surface area contributed by atoms with Crippen LogP contribution in [0.1, 0.15) is 58.3 Å². The van der Waals surface area contributed by atoms with E-state index in [0.717, 1.165) is 32.1 Å². The molecule has 0 aromatic rings. The standard InChI is InChI=1S/C18H35N3O3/c1-2-19-17(21-15-18(22)9-13-23-14-10-18)20-11-6-12-24-16-7-4-3-5-8-16/h16,22H,2-15H2,1H3,(H2,19,20,21). The molecule has 0 amide bonds. The van der Waals surface area contributed by atoms with Crippen LogP contribution in [0.15, 0.2) is 4.99 Å². The fourth-order valence-corrected chi connectivity index (χ4v) is 3.24. The molecular formula is C18H35N3O3. The van der Waals surface area contributed by atoms with E-state index in [9.17, 15) is 5.11 Å². The maximum Gasteiger partial charge on any atom is 0.191 e. The largest absolute Gasteiger partial charge is 0.388 e. The highest BCUT2D eigenvalue weighted by molar-refractivity contribution is 5.79. The summed E-state index contributed by atoms with van der Waals surface area (Å²) in [7, 11) is 0. The lowest BCUT2D eigenvalue weighted by atomic mass is 9.95. The van der Waals surface area contributed by atoms with Crippen molar-refractivity contribution in [3.05, 3.63) is 0 Å². The first kappa shape index (κ1) is 19.5. The van der Waals surface area contributed by atoms with Crippen LogP contribution >= 0.6 is 0 Å². The van der Waals surface area contributed by atoms with E-state index in [-0.39, 0.29) is 0 Å². The minimum Gasteiger partial charge on any atom is -0.388 e. The molecular weight excluding hydrogens is 306 g/mol. The zero-order valence-corrected chi connectivity index (χ0v) is 15.2. The van der Waals surface area contributed by atoms with Gasteiger partial charge in [-0.25, -0.2) is 0 Å². The SMILES string of the molecule is CCNC(=NCC1(O)CCOCC1)NCCCOC1CCCCC1. The number of ether oxygens (including phenoxy) is 2. The van der Waals surface area contributed by atoms with Crippen molar-refractivity contribution in [2.24, 2.45) is 4.99 Å². The zero-order valence-electron chi connectivity index (χ0n) is 15.2. The number of nitrogens with zero attached hydrogens (tertiary/aromatic N) is 1. The topological polar surface area (TPSA) is 75.1 Å². The smallest absolute Gasteiger partial charge is 0.191 e. The average Bonchev–Trinajstić information content (AvgIpc) is 2.61. The summed E-state index contributed by atoms with van der Waals surface area (Å²) in [6, 6.07) is 0. The van der Waals surface area contributed by atoms with Gasteiger partial charge in [-0.1, -0.05) is 19.3 Å². The predicted molar refractivity (Wildman–Crippen MR) is 96.4 cm³/mol. The fourth-order valence-electron chi connectivity index (χ4n) is 3.24. The quantitative estimate of drug-likeness (QED) is 0.357. The molecule has 1 aliphatic heterocycles. The van der Waals surface area contributed by atoms with Gasteiger partial charge >= 0.3 is 0 Å². The molecule has 0 bridgehead atoms. The maximum atomic E-state index is 10.5. The van der Waals surface area contributed by atoms with Crippen LogP contribution in [-0.4, -0.2) is 62.2 Å². The number of nitrogens with one attached hydrogen (secondary N) is 2. The van der Waals surface area contributed by atoms with Gasteiger partial charge in [0.25, 0.3) is 0 Å². The van der Waals surface area contributed by atoms with E-state index in [0.29, 0.717) is 38.7 Å². The molecule has 1 aliphatic carbocycles. The summed E-state index contributed by atoms with van der Waals surface area (Å²) >= 11 is 0. The number of hydrogen-bond acceptors (Lipinski definition) is 4. The Hall–Kier alpha value is -0.850. The second kappa shape index (κ2) is 10.9. The van der Waals surface area contributed by atoms with Gasteiger partial charge in [-0.2, -0.15) is 0 Å². The Morgan fingerprint density at radius 3 is 2.67 bits per heavy atom. The van der Waals surface area contributed by atoms with Crippen LogP contribution < -0.4 is 10.6 Å². The molecule has 24 heavy (non-hydrogen) atoms. The first-order chi connectivity index (χ1) is 11.7. The van der Waals surface area contributed by atoms with E-state index in [4.69, 9.17) is 9.47 Å². The van der Waals surface area contributed by atoms with E-state index >= 15 is 0 Å². The van der Waals surface area contributed by atoms with Gasteiger partial charge in [-0.3, -0.25) is 4.99 Å². The summed E-state index contributed by atoms with van der Waals surface area (Å²) in [5, 5.41) is 17.0. The molecule has 6 heteroatoms. The van der Waals surface area contributed by atoms with Crippen LogP contribution in [0.5, 0.6) is 0 Å². The minimum absolute atomic E-state index is 0.421. The molecule has 3 N–H and O–H groups in total. The molecule has 0 atom stereocenters. The van der Waals surface area contributed by atoms with E-state index in [1.807, 2.05) is 6.92 Å². The third kappa shape index (κ3) is 7.36. The zero-order chi connectivity index (χ0) is 17.1. The summed E-state index contributed by atoms with van der Waals surface area (Å²) in [6.07, 6.45) is 9.20. The van der Waals surface area contributed by atoms with Gasteiger partial charge in [0.05, 0.1) is 18.2 Å². The van der Waals surface area contributed by atoms with Crippen LogP contribution in [0.4, 0.5) is 0 Å². The van der Waals surface area contributed by atoms with Gasteiger partial charge in [-0.15, -0.1) is 0 Å². The number of aliphatic hydroxyl groups is 1. The summed E-state index contributed by atoms with van der Waals surface area (Å²) in [4.78, 5) is 4.54. The molecule has 1 saturated heterocycles. The lowest BCUT2D eigenvalue weighted by Gasteiger charge is -2.30. The molecule has 0 aromatic heterocycles. The molecule has 1 heterocycles. The van der Waals surface area contributed by atoms with E-state index in [2.05, 4.69) is 15.6 Å². The Labute approximate surface area is 146 Å². The summed E-state index contributed by atoms with van der Waals surface area (Å²) < 4.78 is 11.2. The molecule has 0 aromatic carbocycles. The van der Waals surface area contributed by atoms with Crippen molar-refractivity contribution < 1.29 is 14.6 Å². The molecule has 0 radical (unpaired) electrons. The van der Waals surface area contributed by atoms with Gasteiger partial charge < -0.3 is 25.2 Å². The molecule has 6 nitrogen and oxygen atoms in total. The number of hydrogen-bond donors (Lipinski definition) is 3. The Balaban J connectivity index is 1.63. The molecule has 2 fully saturated rings. The van der Waals surface area contributed by atoms with Crippen molar-refractivity contribution >= 4 is 5.96 Å². The van der Waals surface area contributed by atoms with E-state index in [1.54, 1.807) is 0 Å². The first-order valence-corrected chi connectivity index (χ1v) is 9.66. The third-order valence-corrected chi connectivity index (χ3v) is 4.82. The Morgan fingerprint density at radius 2 is 1.96 bits per heavy atom. The Bertz CT molecular complexity index is 365. The Kier molecular flexibility index (Phi) is 8.84.